The zero-order chi connectivity index (χ0) is 29.2. The summed E-state index contributed by atoms with van der Waals surface area (Å²) >= 11 is 6.44. The van der Waals surface area contributed by atoms with E-state index in [0.29, 0.717) is 17.9 Å². The number of aromatic nitrogens is 4. The molecule has 1 saturated carbocycles. The summed E-state index contributed by atoms with van der Waals surface area (Å²) in [6, 6.07) is 8.34. The molecule has 222 valence electrons. The van der Waals surface area contributed by atoms with Crippen LogP contribution >= 0.6 is 26.8 Å². The van der Waals surface area contributed by atoms with E-state index >= 15 is 0 Å². The first-order chi connectivity index (χ1) is 19.4. The van der Waals surface area contributed by atoms with E-state index in [1.807, 2.05) is 12.1 Å². The second-order valence-electron chi connectivity index (χ2n) is 10.8. The van der Waals surface area contributed by atoms with Crippen molar-refractivity contribution in [2.24, 2.45) is 0 Å². The molecule has 1 saturated heterocycles. The standard InChI is InChI=1S/C24H30ClN5O9P2/c25-23-27-20-17(21(28-23)30-10-14-6-2-3-7-15(14)24(30)8-4-1-5-9-24)26-12-29(20)22-19(32)18(31)16(39-22)11-38-41(36,37)13-40(33,34)35/h2-3,6-7,12,16,18-19,22,31-32H,1,4-5,8-11,13H2,(H,36,37)(H2,33,34,35). The van der Waals surface area contributed by atoms with Crippen LogP contribution in [-0.2, 0) is 30.5 Å². The fraction of sp³-hybridized carbons (Fsp3) is 0.542. The van der Waals surface area contributed by atoms with Crippen LogP contribution < -0.4 is 4.90 Å². The van der Waals surface area contributed by atoms with Crippen LogP contribution in [-0.4, -0.2) is 75.2 Å². The molecule has 5 atom stereocenters. The minimum absolute atomic E-state index is 0.0391. The summed E-state index contributed by atoms with van der Waals surface area (Å²) in [4.78, 5) is 43.5. The lowest BCUT2D eigenvalue weighted by molar-refractivity contribution is -0.0483. The van der Waals surface area contributed by atoms with E-state index in [1.165, 1.54) is 22.0 Å². The number of aliphatic hydroxyl groups is 2. The second kappa shape index (κ2) is 10.6. The average Bonchev–Trinajstić information content (AvgIpc) is 3.55. The van der Waals surface area contributed by atoms with Gasteiger partial charge >= 0.3 is 15.2 Å². The number of anilines is 1. The summed E-state index contributed by atoms with van der Waals surface area (Å²) in [5.41, 5.74) is 2.89. The highest BCUT2D eigenvalue weighted by molar-refractivity contribution is 7.70. The number of aliphatic hydroxyl groups excluding tert-OH is 2. The Kier molecular flexibility index (Phi) is 7.56. The van der Waals surface area contributed by atoms with E-state index in [1.54, 1.807) is 0 Å². The van der Waals surface area contributed by atoms with Crippen molar-refractivity contribution < 1.29 is 43.3 Å². The molecule has 5 unspecified atom stereocenters. The zero-order valence-corrected chi connectivity index (χ0v) is 24.3. The molecule has 1 aliphatic carbocycles. The maximum Gasteiger partial charge on any atom is 0.340 e. The molecule has 41 heavy (non-hydrogen) atoms. The second-order valence-corrected chi connectivity index (χ2v) is 15.1. The lowest BCUT2D eigenvalue weighted by Crippen LogP contribution is -2.43. The maximum absolute atomic E-state index is 12.1. The van der Waals surface area contributed by atoms with Crippen molar-refractivity contribution in [3.8, 4) is 0 Å². The number of fused-ring (bicyclic) bond motifs is 3. The first kappa shape index (κ1) is 29.1. The summed E-state index contributed by atoms with van der Waals surface area (Å²) in [6.45, 7) is -0.0906. The van der Waals surface area contributed by atoms with Gasteiger partial charge < -0.3 is 39.1 Å². The molecule has 6 rings (SSSR count). The predicted molar refractivity (Wildman–Crippen MR) is 146 cm³/mol. The van der Waals surface area contributed by atoms with Crippen molar-refractivity contribution in [3.05, 3.63) is 47.0 Å². The molecule has 1 spiro atoms. The Morgan fingerprint density at radius 2 is 1.80 bits per heavy atom. The molecule has 3 aliphatic rings. The minimum Gasteiger partial charge on any atom is -0.387 e. The molecular formula is C24H30ClN5O9P2. The number of halogens is 1. The van der Waals surface area contributed by atoms with Crippen molar-refractivity contribution in [2.75, 3.05) is 17.4 Å². The molecule has 0 bridgehead atoms. The van der Waals surface area contributed by atoms with Crippen molar-refractivity contribution in [1.82, 2.24) is 19.5 Å². The number of hydrogen-bond donors (Lipinski definition) is 5. The molecule has 4 heterocycles. The van der Waals surface area contributed by atoms with Crippen molar-refractivity contribution in [2.45, 2.75) is 68.7 Å². The smallest absolute Gasteiger partial charge is 0.340 e. The molecule has 0 radical (unpaired) electrons. The van der Waals surface area contributed by atoms with Crippen LogP contribution in [0.4, 0.5) is 5.82 Å². The highest BCUT2D eigenvalue weighted by atomic mass is 35.5. The molecule has 2 aliphatic heterocycles. The van der Waals surface area contributed by atoms with Gasteiger partial charge in [-0.3, -0.25) is 13.7 Å². The largest absolute Gasteiger partial charge is 0.387 e. The molecular weight excluding hydrogens is 600 g/mol. The molecule has 3 aromatic rings. The number of ether oxygens (including phenoxy) is 1. The van der Waals surface area contributed by atoms with E-state index in [2.05, 4.69) is 32.0 Å². The third kappa shape index (κ3) is 5.36. The Hall–Kier alpha value is -1.96. The Labute approximate surface area is 239 Å². The zero-order valence-electron chi connectivity index (χ0n) is 21.7. The number of rotatable bonds is 7. The SMILES string of the molecule is O=P(O)(O)CP(=O)(O)OCC1OC(n2cnc3c(N4Cc5ccccc5C45CCCCC5)nc(Cl)nc32)C(O)C1O. The fourth-order valence-electron chi connectivity index (χ4n) is 6.34. The van der Waals surface area contributed by atoms with Crippen LogP contribution in [0.2, 0.25) is 5.28 Å². The summed E-state index contributed by atoms with van der Waals surface area (Å²) in [5, 5.41) is 21.4. The van der Waals surface area contributed by atoms with Crippen molar-refractivity contribution in [3.63, 3.8) is 0 Å². The average molecular weight is 630 g/mol. The predicted octanol–water partition coefficient (Wildman–Crippen LogP) is 2.62. The van der Waals surface area contributed by atoms with Gasteiger partial charge in [-0.15, -0.1) is 0 Å². The number of imidazole rings is 1. The first-order valence-corrected chi connectivity index (χ1v) is 17.1. The lowest BCUT2D eigenvalue weighted by atomic mass is 9.76. The van der Waals surface area contributed by atoms with E-state index in [4.69, 9.17) is 30.6 Å². The van der Waals surface area contributed by atoms with Gasteiger partial charge in [-0.05, 0) is 35.6 Å². The van der Waals surface area contributed by atoms with Crippen molar-refractivity contribution >= 4 is 43.8 Å². The molecule has 17 heteroatoms. The third-order valence-corrected chi connectivity index (χ3v) is 11.7. The van der Waals surface area contributed by atoms with Gasteiger partial charge in [0.05, 0.1) is 18.5 Å². The van der Waals surface area contributed by atoms with Crippen LogP contribution in [0.1, 0.15) is 49.5 Å². The van der Waals surface area contributed by atoms with Gasteiger partial charge in [-0.2, -0.15) is 9.97 Å². The summed E-state index contributed by atoms with van der Waals surface area (Å²) in [7, 11) is -9.54. The van der Waals surface area contributed by atoms with Gasteiger partial charge in [0.2, 0.25) is 5.28 Å². The molecule has 14 nitrogen and oxygen atoms in total. The highest BCUT2D eigenvalue weighted by Crippen LogP contribution is 2.56. The first-order valence-electron chi connectivity index (χ1n) is 13.2. The van der Waals surface area contributed by atoms with E-state index < -0.39 is 52.2 Å². The number of benzene rings is 1. The fourth-order valence-corrected chi connectivity index (χ4v) is 9.07. The van der Waals surface area contributed by atoms with Crippen LogP contribution in [0, 0.1) is 0 Å². The monoisotopic (exact) mass is 629 g/mol. The van der Waals surface area contributed by atoms with Gasteiger partial charge in [0.1, 0.15) is 18.3 Å². The molecule has 5 N–H and O–H groups in total. The van der Waals surface area contributed by atoms with Gasteiger partial charge in [0, 0.05) is 6.54 Å². The van der Waals surface area contributed by atoms with Crippen LogP contribution in [0.5, 0.6) is 0 Å². The lowest BCUT2D eigenvalue weighted by Gasteiger charge is -2.43. The number of hydrogen-bond acceptors (Lipinski definition) is 10. The van der Waals surface area contributed by atoms with E-state index in [-0.39, 0.29) is 16.5 Å². The molecule has 1 aromatic carbocycles. The minimum atomic E-state index is -4.84. The van der Waals surface area contributed by atoms with Gasteiger partial charge in [-0.1, -0.05) is 43.5 Å². The number of nitrogens with zero attached hydrogens (tertiary/aromatic N) is 5. The quantitative estimate of drug-likeness (QED) is 0.189. The summed E-state index contributed by atoms with van der Waals surface area (Å²) in [5.74, 6) is -0.843. The van der Waals surface area contributed by atoms with Crippen LogP contribution in [0.25, 0.3) is 11.2 Å². The Balaban J connectivity index is 1.31. The topological polar surface area (TPSA) is 201 Å². The Morgan fingerprint density at radius 1 is 1.07 bits per heavy atom. The van der Waals surface area contributed by atoms with Gasteiger partial charge in [-0.25, -0.2) is 4.98 Å². The van der Waals surface area contributed by atoms with E-state index in [9.17, 15) is 24.2 Å². The van der Waals surface area contributed by atoms with E-state index in [0.717, 1.165) is 32.1 Å². The highest BCUT2D eigenvalue weighted by Gasteiger charge is 2.48. The van der Waals surface area contributed by atoms with Crippen LogP contribution in [0.15, 0.2) is 30.6 Å². The summed E-state index contributed by atoms with van der Waals surface area (Å²) < 4.78 is 35.2. The normalized spacial score (nSPS) is 27.4. The maximum atomic E-state index is 12.1. The summed E-state index contributed by atoms with van der Waals surface area (Å²) in [6.07, 6.45) is 1.00. The molecule has 2 aromatic heterocycles. The molecule has 2 fully saturated rings. The third-order valence-electron chi connectivity index (χ3n) is 8.09. The van der Waals surface area contributed by atoms with Gasteiger partial charge in [0.15, 0.2) is 29.1 Å². The van der Waals surface area contributed by atoms with Gasteiger partial charge in [0.25, 0.3) is 0 Å². The molecule has 0 amide bonds. The Bertz CT molecular complexity index is 1560. The van der Waals surface area contributed by atoms with Crippen LogP contribution in [0.3, 0.4) is 0 Å². The van der Waals surface area contributed by atoms with Crippen molar-refractivity contribution in [1.29, 1.82) is 0 Å². The Morgan fingerprint density at radius 3 is 2.54 bits per heavy atom.